The first-order chi connectivity index (χ1) is 8.98. The van der Waals surface area contributed by atoms with E-state index in [1.807, 2.05) is 6.92 Å². The lowest BCUT2D eigenvalue weighted by molar-refractivity contribution is -0.115. The molecule has 0 bridgehead atoms. The number of carbonyl (C=O) groups excluding carboxylic acids is 1. The molecule has 1 aliphatic rings. The smallest absolute Gasteiger partial charge is 0.238 e. The third-order valence-electron chi connectivity index (χ3n) is 3.25. The van der Waals surface area contributed by atoms with Gasteiger partial charge in [0.15, 0.2) is 11.6 Å². The minimum atomic E-state index is -0.974. The molecule has 1 saturated heterocycles. The van der Waals surface area contributed by atoms with Crippen LogP contribution >= 0.6 is 0 Å². The van der Waals surface area contributed by atoms with Crippen molar-refractivity contribution in [2.45, 2.75) is 18.9 Å². The lowest BCUT2D eigenvalue weighted by atomic mass is 10.0. The number of rotatable bonds is 4. The molecule has 0 saturated carbocycles. The van der Waals surface area contributed by atoms with E-state index in [0.29, 0.717) is 0 Å². The Bertz CT molecular complexity index is 473. The predicted molar refractivity (Wildman–Crippen MR) is 68.9 cm³/mol. The molecular formula is C13H17F2N3O. The van der Waals surface area contributed by atoms with Crippen molar-refractivity contribution >= 4 is 11.6 Å². The molecule has 1 aromatic carbocycles. The second kappa shape index (κ2) is 5.63. The van der Waals surface area contributed by atoms with Gasteiger partial charge in [-0.2, -0.15) is 0 Å². The van der Waals surface area contributed by atoms with Crippen molar-refractivity contribution in [1.82, 2.24) is 10.6 Å². The van der Waals surface area contributed by atoms with Gasteiger partial charge >= 0.3 is 0 Å². The Morgan fingerprint density at radius 1 is 1.42 bits per heavy atom. The minimum Gasteiger partial charge on any atom is -0.325 e. The summed E-state index contributed by atoms with van der Waals surface area (Å²) < 4.78 is 25.7. The van der Waals surface area contributed by atoms with Crippen molar-refractivity contribution in [1.29, 1.82) is 0 Å². The molecular weight excluding hydrogens is 252 g/mol. The molecule has 6 heteroatoms. The number of benzene rings is 1. The van der Waals surface area contributed by atoms with E-state index in [4.69, 9.17) is 0 Å². The second-order valence-electron chi connectivity index (χ2n) is 5.02. The standard InChI is InChI=1S/C13H17F2N3O/c1-13(4-5-16-8-13)17-7-12(19)18-9-2-3-10(14)11(15)6-9/h2-3,6,16-17H,4-5,7-8H2,1H3,(H,18,19). The van der Waals surface area contributed by atoms with Gasteiger partial charge in [-0.05, 0) is 32.0 Å². The Balaban J connectivity index is 1.85. The first-order valence-electron chi connectivity index (χ1n) is 6.19. The number of halogens is 2. The molecule has 1 fully saturated rings. The lowest BCUT2D eigenvalue weighted by Gasteiger charge is -2.24. The molecule has 1 unspecified atom stereocenters. The minimum absolute atomic E-state index is 0.0919. The Morgan fingerprint density at radius 3 is 2.84 bits per heavy atom. The van der Waals surface area contributed by atoms with Crippen LogP contribution < -0.4 is 16.0 Å². The summed E-state index contributed by atoms with van der Waals surface area (Å²) in [5, 5.41) is 8.90. The van der Waals surface area contributed by atoms with Gasteiger partial charge in [-0.1, -0.05) is 0 Å². The number of carbonyl (C=O) groups is 1. The monoisotopic (exact) mass is 269 g/mol. The van der Waals surface area contributed by atoms with E-state index in [9.17, 15) is 13.6 Å². The van der Waals surface area contributed by atoms with E-state index in [-0.39, 0.29) is 23.7 Å². The van der Waals surface area contributed by atoms with E-state index < -0.39 is 11.6 Å². The van der Waals surface area contributed by atoms with Gasteiger partial charge < -0.3 is 16.0 Å². The summed E-state index contributed by atoms with van der Waals surface area (Å²) in [6.07, 6.45) is 0.950. The van der Waals surface area contributed by atoms with Gasteiger partial charge in [0.25, 0.3) is 0 Å². The average molecular weight is 269 g/mol. The van der Waals surface area contributed by atoms with Crippen LogP contribution in [0.2, 0.25) is 0 Å². The van der Waals surface area contributed by atoms with Gasteiger partial charge in [0, 0.05) is 23.8 Å². The van der Waals surface area contributed by atoms with Crippen molar-refractivity contribution < 1.29 is 13.6 Å². The Morgan fingerprint density at radius 2 is 2.21 bits per heavy atom. The van der Waals surface area contributed by atoms with Crippen molar-refractivity contribution in [3.8, 4) is 0 Å². The quantitative estimate of drug-likeness (QED) is 0.771. The highest BCUT2D eigenvalue weighted by molar-refractivity contribution is 5.92. The lowest BCUT2D eigenvalue weighted by Crippen LogP contribution is -2.47. The molecule has 1 heterocycles. The molecule has 1 aliphatic heterocycles. The van der Waals surface area contributed by atoms with Gasteiger partial charge in [-0.15, -0.1) is 0 Å². The predicted octanol–water partition coefficient (Wildman–Crippen LogP) is 1.24. The number of anilines is 1. The summed E-state index contributed by atoms with van der Waals surface area (Å²) >= 11 is 0. The van der Waals surface area contributed by atoms with Crippen molar-refractivity contribution in [2.75, 3.05) is 25.0 Å². The fourth-order valence-corrected chi connectivity index (χ4v) is 2.04. The molecule has 4 nitrogen and oxygen atoms in total. The molecule has 104 valence electrons. The first-order valence-corrected chi connectivity index (χ1v) is 6.19. The summed E-state index contributed by atoms with van der Waals surface area (Å²) in [4.78, 5) is 11.7. The highest BCUT2D eigenvalue weighted by Gasteiger charge is 2.28. The second-order valence-corrected chi connectivity index (χ2v) is 5.02. The largest absolute Gasteiger partial charge is 0.325 e. The van der Waals surface area contributed by atoms with E-state index >= 15 is 0 Å². The molecule has 0 aromatic heterocycles. The first kappa shape index (κ1) is 13.9. The summed E-state index contributed by atoms with van der Waals surface area (Å²) in [5.41, 5.74) is 0.158. The van der Waals surface area contributed by atoms with E-state index in [2.05, 4.69) is 16.0 Å². The van der Waals surface area contributed by atoms with Gasteiger partial charge in [0.05, 0.1) is 6.54 Å². The maximum Gasteiger partial charge on any atom is 0.238 e. The Kier molecular flexibility index (Phi) is 4.11. The zero-order valence-corrected chi connectivity index (χ0v) is 10.7. The molecule has 2 rings (SSSR count). The number of amides is 1. The zero-order valence-electron chi connectivity index (χ0n) is 10.7. The molecule has 0 aliphatic carbocycles. The Labute approximate surface area is 110 Å². The van der Waals surface area contributed by atoms with Crippen LogP contribution in [0.25, 0.3) is 0 Å². The molecule has 0 radical (unpaired) electrons. The third kappa shape index (κ3) is 3.71. The molecule has 1 atom stereocenters. The SMILES string of the molecule is CC1(NCC(=O)Nc2ccc(F)c(F)c2)CCNC1. The van der Waals surface area contributed by atoms with Crippen LogP contribution in [0.1, 0.15) is 13.3 Å². The fourth-order valence-electron chi connectivity index (χ4n) is 2.04. The van der Waals surface area contributed by atoms with E-state index in [0.717, 1.165) is 31.6 Å². The molecule has 1 aromatic rings. The third-order valence-corrected chi connectivity index (χ3v) is 3.25. The van der Waals surface area contributed by atoms with E-state index in [1.54, 1.807) is 0 Å². The van der Waals surface area contributed by atoms with Crippen LogP contribution in [0, 0.1) is 11.6 Å². The van der Waals surface area contributed by atoms with Crippen LogP contribution in [0.3, 0.4) is 0 Å². The fraction of sp³-hybridized carbons (Fsp3) is 0.462. The van der Waals surface area contributed by atoms with Crippen LogP contribution in [0.15, 0.2) is 18.2 Å². The number of hydrogen-bond acceptors (Lipinski definition) is 3. The highest BCUT2D eigenvalue weighted by Crippen LogP contribution is 2.14. The molecule has 3 N–H and O–H groups in total. The van der Waals surface area contributed by atoms with E-state index in [1.165, 1.54) is 6.07 Å². The summed E-state index contributed by atoms with van der Waals surface area (Å²) in [7, 11) is 0. The van der Waals surface area contributed by atoms with Crippen molar-refractivity contribution in [2.24, 2.45) is 0 Å². The average Bonchev–Trinajstić information content (AvgIpc) is 2.79. The van der Waals surface area contributed by atoms with Gasteiger partial charge in [0.2, 0.25) is 5.91 Å². The Hall–Kier alpha value is -1.53. The summed E-state index contributed by atoms with van der Waals surface area (Å²) in [6.45, 7) is 3.91. The van der Waals surface area contributed by atoms with Crippen molar-refractivity contribution in [3.05, 3.63) is 29.8 Å². The number of nitrogens with one attached hydrogen (secondary N) is 3. The molecule has 1 amide bonds. The molecule has 0 spiro atoms. The van der Waals surface area contributed by atoms with Gasteiger partial charge in [-0.3, -0.25) is 4.79 Å². The van der Waals surface area contributed by atoms with Gasteiger partial charge in [-0.25, -0.2) is 8.78 Å². The normalized spacial score (nSPS) is 22.5. The highest BCUT2D eigenvalue weighted by atomic mass is 19.2. The van der Waals surface area contributed by atoms with Crippen LogP contribution in [-0.2, 0) is 4.79 Å². The van der Waals surface area contributed by atoms with Gasteiger partial charge in [0.1, 0.15) is 0 Å². The molecule has 19 heavy (non-hydrogen) atoms. The maximum atomic E-state index is 13.0. The summed E-state index contributed by atoms with van der Waals surface area (Å²) in [6, 6.07) is 3.28. The number of hydrogen-bond donors (Lipinski definition) is 3. The summed E-state index contributed by atoms with van der Waals surface area (Å²) in [5.74, 6) is -2.18. The van der Waals surface area contributed by atoms with Crippen LogP contribution in [0.5, 0.6) is 0 Å². The van der Waals surface area contributed by atoms with Crippen LogP contribution in [0.4, 0.5) is 14.5 Å². The van der Waals surface area contributed by atoms with Crippen LogP contribution in [-0.4, -0.2) is 31.1 Å². The topological polar surface area (TPSA) is 53.2 Å². The maximum absolute atomic E-state index is 13.0. The van der Waals surface area contributed by atoms with Crippen molar-refractivity contribution in [3.63, 3.8) is 0 Å². The zero-order chi connectivity index (χ0) is 13.9.